The normalized spacial score (nSPS) is 10.4. The summed E-state index contributed by atoms with van der Waals surface area (Å²) in [6.07, 6.45) is 0. The molecule has 1 aromatic heterocycles. The van der Waals surface area contributed by atoms with Crippen LogP contribution in [0.1, 0.15) is 23.0 Å². The van der Waals surface area contributed by atoms with Gasteiger partial charge in [-0.05, 0) is 36.8 Å². The fourth-order valence-corrected chi connectivity index (χ4v) is 1.49. The highest BCUT2D eigenvalue weighted by atomic mass is 19.1. The van der Waals surface area contributed by atoms with Crippen molar-refractivity contribution in [2.24, 2.45) is 0 Å². The summed E-state index contributed by atoms with van der Waals surface area (Å²) in [5.41, 5.74) is 1.22. The van der Waals surface area contributed by atoms with Crippen molar-refractivity contribution in [1.82, 2.24) is 0 Å². The lowest BCUT2D eigenvalue weighted by Gasteiger charge is -2.00. The van der Waals surface area contributed by atoms with Gasteiger partial charge in [0.05, 0.1) is 5.56 Å². The molecule has 0 unspecified atom stereocenters. The first kappa shape index (κ1) is 10.6. The van der Waals surface area contributed by atoms with Crippen molar-refractivity contribution >= 4 is 5.78 Å². The predicted molar refractivity (Wildman–Crippen MR) is 58.8 cm³/mol. The number of carbonyl (C=O) groups is 1. The Labute approximate surface area is 92.7 Å². The highest BCUT2D eigenvalue weighted by molar-refractivity contribution is 5.91. The fourth-order valence-electron chi connectivity index (χ4n) is 1.49. The summed E-state index contributed by atoms with van der Waals surface area (Å²) in [5.74, 6) is 0.112. The molecule has 0 spiro atoms. The van der Waals surface area contributed by atoms with Crippen LogP contribution >= 0.6 is 0 Å². The second-order valence-corrected chi connectivity index (χ2v) is 3.70. The van der Waals surface area contributed by atoms with Gasteiger partial charge in [0.15, 0.2) is 11.5 Å². The summed E-state index contributed by atoms with van der Waals surface area (Å²) in [5, 5.41) is 0. The van der Waals surface area contributed by atoms with E-state index < -0.39 is 0 Å². The van der Waals surface area contributed by atoms with Crippen LogP contribution in [-0.2, 0) is 0 Å². The van der Waals surface area contributed by atoms with Crippen LogP contribution in [-0.4, -0.2) is 5.78 Å². The molecule has 82 valence electrons. The zero-order chi connectivity index (χ0) is 11.7. The van der Waals surface area contributed by atoms with Gasteiger partial charge in [0.25, 0.3) is 0 Å². The number of carbonyl (C=O) groups excluding carboxylic acids is 1. The van der Waals surface area contributed by atoms with Gasteiger partial charge in [-0.1, -0.05) is 6.07 Å². The van der Waals surface area contributed by atoms with Gasteiger partial charge in [-0.15, -0.1) is 0 Å². The summed E-state index contributed by atoms with van der Waals surface area (Å²) in [4.78, 5) is 11.0. The molecule has 2 nitrogen and oxygen atoms in total. The van der Waals surface area contributed by atoms with Gasteiger partial charge in [0.2, 0.25) is 0 Å². The molecule has 2 rings (SSSR count). The second kappa shape index (κ2) is 3.93. The zero-order valence-corrected chi connectivity index (χ0v) is 9.08. The molecule has 0 saturated heterocycles. The Hall–Kier alpha value is -1.90. The smallest absolute Gasteiger partial charge is 0.194 e. The topological polar surface area (TPSA) is 30.2 Å². The Balaban J connectivity index is 2.46. The van der Waals surface area contributed by atoms with Crippen molar-refractivity contribution in [3.8, 4) is 11.3 Å². The van der Waals surface area contributed by atoms with Crippen molar-refractivity contribution < 1.29 is 13.6 Å². The average molecular weight is 218 g/mol. The molecule has 0 aliphatic heterocycles. The maximum absolute atomic E-state index is 13.6. The van der Waals surface area contributed by atoms with Crippen LogP contribution in [0.5, 0.6) is 0 Å². The van der Waals surface area contributed by atoms with E-state index in [-0.39, 0.29) is 17.4 Å². The van der Waals surface area contributed by atoms with Gasteiger partial charge < -0.3 is 4.42 Å². The lowest BCUT2D eigenvalue weighted by molar-refractivity contribution is 0.0988. The molecule has 0 aliphatic carbocycles. The van der Waals surface area contributed by atoms with Crippen LogP contribution in [0.2, 0.25) is 0 Å². The Morgan fingerprint density at radius 1 is 1.25 bits per heavy atom. The van der Waals surface area contributed by atoms with E-state index in [1.165, 1.54) is 13.0 Å². The highest BCUT2D eigenvalue weighted by Crippen LogP contribution is 2.25. The summed E-state index contributed by atoms with van der Waals surface area (Å²) in [7, 11) is 0. The van der Waals surface area contributed by atoms with Crippen molar-refractivity contribution in [3.05, 3.63) is 47.5 Å². The van der Waals surface area contributed by atoms with Gasteiger partial charge in [-0.2, -0.15) is 0 Å². The third kappa shape index (κ3) is 1.89. The molecule has 1 heterocycles. The summed E-state index contributed by atoms with van der Waals surface area (Å²) in [6, 6.07) is 8.04. The molecule has 0 atom stereocenters. The summed E-state index contributed by atoms with van der Waals surface area (Å²) >= 11 is 0. The van der Waals surface area contributed by atoms with E-state index in [1.54, 1.807) is 24.3 Å². The lowest BCUT2D eigenvalue weighted by atomic mass is 10.1. The molecular formula is C13H11FO2. The van der Waals surface area contributed by atoms with Crippen LogP contribution in [0, 0.1) is 12.7 Å². The Kier molecular flexibility index (Phi) is 2.60. The first-order valence-electron chi connectivity index (χ1n) is 4.95. The number of halogens is 1. The number of rotatable bonds is 2. The Morgan fingerprint density at radius 3 is 2.56 bits per heavy atom. The molecule has 0 bridgehead atoms. The Bertz CT molecular complexity index is 541. The molecule has 0 aliphatic rings. The van der Waals surface area contributed by atoms with Crippen molar-refractivity contribution in [3.63, 3.8) is 0 Å². The number of ketones is 1. The molecule has 0 fully saturated rings. The van der Waals surface area contributed by atoms with Gasteiger partial charge in [-0.25, -0.2) is 4.39 Å². The number of hydrogen-bond acceptors (Lipinski definition) is 2. The van der Waals surface area contributed by atoms with Gasteiger partial charge >= 0.3 is 0 Å². The summed E-state index contributed by atoms with van der Waals surface area (Å²) in [6.45, 7) is 3.23. The molecule has 16 heavy (non-hydrogen) atoms. The number of aryl methyl sites for hydroxylation is 1. The molecule has 0 amide bonds. The highest BCUT2D eigenvalue weighted by Gasteiger charge is 2.11. The van der Waals surface area contributed by atoms with Gasteiger partial charge in [0.1, 0.15) is 11.6 Å². The quantitative estimate of drug-likeness (QED) is 0.721. The SMILES string of the molecule is CC(=O)c1ccc(-c2ccc(C)cc2F)o1. The molecular weight excluding hydrogens is 207 g/mol. The standard InChI is InChI=1S/C13H11FO2/c1-8-3-4-10(11(14)7-8)13-6-5-12(16-13)9(2)15/h3-7H,1-2H3. The Morgan fingerprint density at radius 2 is 2.00 bits per heavy atom. The van der Waals surface area contributed by atoms with E-state index in [2.05, 4.69) is 0 Å². The molecule has 3 heteroatoms. The first-order chi connectivity index (χ1) is 7.58. The van der Waals surface area contributed by atoms with Crippen LogP contribution in [0.3, 0.4) is 0 Å². The monoisotopic (exact) mass is 218 g/mol. The second-order valence-electron chi connectivity index (χ2n) is 3.70. The van der Waals surface area contributed by atoms with Gasteiger partial charge in [-0.3, -0.25) is 4.79 Å². The number of benzene rings is 1. The van der Waals surface area contributed by atoms with E-state index in [4.69, 9.17) is 4.42 Å². The van der Waals surface area contributed by atoms with Gasteiger partial charge in [0, 0.05) is 6.92 Å². The van der Waals surface area contributed by atoms with Crippen molar-refractivity contribution in [2.75, 3.05) is 0 Å². The van der Waals surface area contributed by atoms with Crippen LogP contribution < -0.4 is 0 Å². The number of Topliss-reactive ketones (excluding diaryl/α,β-unsaturated/α-hetero) is 1. The molecule has 0 saturated carbocycles. The van der Waals surface area contributed by atoms with Crippen LogP contribution in [0.15, 0.2) is 34.7 Å². The first-order valence-corrected chi connectivity index (χ1v) is 4.95. The van der Waals surface area contributed by atoms with E-state index in [9.17, 15) is 9.18 Å². The average Bonchev–Trinajstić information content (AvgIpc) is 2.66. The van der Waals surface area contributed by atoms with Crippen LogP contribution in [0.25, 0.3) is 11.3 Å². The largest absolute Gasteiger partial charge is 0.453 e. The maximum atomic E-state index is 13.6. The summed E-state index contributed by atoms with van der Waals surface area (Å²) < 4.78 is 18.9. The molecule has 0 radical (unpaired) electrons. The van der Waals surface area contributed by atoms with Crippen molar-refractivity contribution in [1.29, 1.82) is 0 Å². The minimum atomic E-state index is -0.343. The van der Waals surface area contributed by atoms with E-state index in [0.29, 0.717) is 11.3 Å². The van der Waals surface area contributed by atoms with E-state index >= 15 is 0 Å². The van der Waals surface area contributed by atoms with E-state index in [0.717, 1.165) is 5.56 Å². The maximum Gasteiger partial charge on any atom is 0.194 e. The molecule has 2 aromatic rings. The lowest BCUT2D eigenvalue weighted by Crippen LogP contribution is -1.87. The fraction of sp³-hybridized carbons (Fsp3) is 0.154. The third-order valence-corrected chi connectivity index (χ3v) is 2.34. The number of hydrogen-bond donors (Lipinski definition) is 0. The van der Waals surface area contributed by atoms with Crippen molar-refractivity contribution in [2.45, 2.75) is 13.8 Å². The third-order valence-electron chi connectivity index (χ3n) is 2.34. The minimum Gasteiger partial charge on any atom is -0.453 e. The minimum absolute atomic E-state index is 0.168. The molecule has 1 aromatic carbocycles. The predicted octanol–water partition coefficient (Wildman–Crippen LogP) is 3.60. The van der Waals surface area contributed by atoms with Crippen LogP contribution in [0.4, 0.5) is 4.39 Å². The zero-order valence-electron chi connectivity index (χ0n) is 9.08. The number of furan rings is 1. The molecule has 0 N–H and O–H groups in total. The van der Waals surface area contributed by atoms with E-state index in [1.807, 2.05) is 6.92 Å².